The quantitative estimate of drug-likeness (QED) is 0.486. The molecule has 0 aliphatic heterocycles. The Morgan fingerprint density at radius 3 is 2.70 bits per heavy atom. The summed E-state index contributed by atoms with van der Waals surface area (Å²) >= 11 is 0. The predicted molar refractivity (Wildman–Crippen MR) is 98.0 cm³/mol. The van der Waals surface area contributed by atoms with Crippen LogP contribution in [0.1, 0.15) is 25.8 Å². The molecule has 0 unspecified atom stereocenters. The van der Waals surface area contributed by atoms with Crippen LogP contribution < -0.4 is 4.65 Å². The number of benzene rings is 1. The summed E-state index contributed by atoms with van der Waals surface area (Å²) in [6, 6.07) is 5.88. The second kappa shape index (κ2) is 8.69. The first-order chi connectivity index (χ1) is 11.1. The number of para-hydroxylation sites is 1. The van der Waals surface area contributed by atoms with Gasteiger partial charge in [0.25, 0.3) is 0 Å². The predicted octanol–water partition coefficient (Wildman–Crippen LogP) is 3.24. The Balaban J connectivity index is 2.14. The van der Waals surface area contributed by atoms with Gasteiger partial charge in [0.05, 0.1) is 5.52 Å². The van der Waals surface area contributed by atoms with Gasteiger partial charge in [-0.2, -0.15) is 0 Å². The minimum absolute atomic E-state index is 0.609. The number of hydrogen-bond donors (Lipinski definition) is 3. The number of hydrogen-bond acceptors (Lipinski definition) is 4. The molecule has 0 aliphatic carbocycles. The maximum atomic E-state index is 9.26. The molecule has 0 aliphatic rings. The van der Waals surface area contributed by atoms with E-state index in [0.29, 0.717) is 5.75 Å². The summed E-state index contributed by atoms with van der Waals surface area (Å²) in [6.45, 7) is 8.69. The Labute approximate surface area is 139 Å². The van der Waals surface area contributed by atoms with Crippen LogP contribution >= 0.6 is 8.25 Å². The van der Waals surface area contributed by atoms with Crippen molar-refractivity contribution in [2.45, 2.75) is 33.5 Å². The third kappa shape index (κ3) is 4.71. The molecule has 1 aromatic carbocycles. The highest BCUT2D eigenvalue weighted by Gasteiger charge is 2.22. The molecule has 0 saturated heterocycles. The highest BCUT2D eigenvalue weighted by molar-refractivity contribution is 7.80. The SMILES string of the molecule is CCCN(CC)CCc1c[nH]c2c(OB(C)P(O)O)cccc12. The Morgan fingerprint density at radius 2 is 2.04 bits per heavy atom. The highest BCUT2D eigenvalue weighted by Crippen LogP contribution is 2.33. The molecule has 2 aromatic rings. The Kier molecular flexibility index (Phi) is 6.91. The molecule has 0 bridgehead atoms. The van der Waals surface area contributed by atoms with Crippen molar-refractivity contribution in [3.05, 3.63) is 30.0 Å². The third-order valence-electron chi connectivity index (χ3n) is 4.07. The summed E-state index contributed by atoms with van der Waals surface area (Å²) in [6.07, 6.45) is 4.19. The first-order valence-corrected chi connectivity index (χ1v) is 9.53. The normalized spacial score (nSPS) is 11.6. The average molecular weight is 336 g/mol. The van der Waals surface area contributed by atoms with Crippen LogP contribution in [0.25, 0.3) is 10.9 Å². The molecule has 0 atom stereocenters. The lowest BCUT2D eigenvalue weighted by atomic mass is 10.0. The number of fused-ring (bicyclic) bond motifs is 1. The van der Waals surface area contributed by atoms with Gasteiger partial charge < -0.3 is 24.3 Å². The van der Waals surface area contributed by atoms with E-state index in [0.717, 1.165) is 37.0 Å². The number of aromatic nitrogens is 1. The van der Waals surface area contributed by atoms with Crippen molar-refractivity contribution in [1.29, 1.82) is 0 Å². The van der Waals surface area contributed by atoms with E-state index in [4.69, 9.17) is 4.65 Å². The molecule has 0 spiro atoms. The number of aromatic amines is 1. The lowest BCUT2D eigenvalue weighted by molar-refractivity contribution is 0.293. The summed E-state index contributed by atoms with van der Waals surface area (Å²) < 4.78 is 5.67. The van der Waals surface area contributed by atoms with Gasteiger partial charge in [-0.1, -0.05) is 26.0 Å². The standard InChI is InChI=1S/C16H26BN2O3P/c1-4-10-19(5-2)11-9-13-12-18-16-14(13)7-6-8-15(16)22-17(3)23(20)21/h6-8,12,18,20-21H,4-5,9-11H2,1-3H3. The Bertz CT molecular complexity index is 620. The van der Waals surface area contributed by atoms with E-state index in [9.17, 15) is 9.79 Å². The summed E-state index contributed by atoms with van der Waals surface area (Å²) in [4.78, 5) is 24.2. The molecule has 2 rings (SSSR count). The lowest BCUT2D eigenvalue weighted by Crippen LogP contribution is -2.26. The van der Waals surface area contributed by atoms with Crippen LogP contribution in [0.2, 0.25) is 6.82 Å². The van der Waals surface area contributed by atoms with Crippen LogP contribution in [-0.2, 0) is 6.42 Å². The van der Waals surface area contributed by atoms with E-state index >= 15 is 0 Å². The summed E-state index contributed by atoms with van der Waals surface area (Å²) in [5.41, 5.74) is 2.19. The average Bonchev–Trinajstić information content (AvgIpc) is 2.95. The number of nitrogens with one attached hydrogen (secondary N) is 1. The molecule has 0 fully saturated rings. The molecule has 23 heavy (non-hydrogen) atoms. The fourth-order valence-electron chi connectivity index (χ4n) is 2.74. The Hall–Kier alpha value is -1.07. The van der Waals surface area contributed by atoms with Crippen LogP contribution in [-0.4, -0.2) is 45.9 Å². The van der Waals surface area contributed by atoms with Crippen molar-refractivity contribution < 1.29 is 14.4 Å². The van der Waals surface area contributed by atoms with Gasteiger partial charge in [0.1, 0.15) is 5.75 Å². The largest absolute Gasteiger partial charge is 0.551 e. The topological polar surface area (TPSA) is 68.7 Å². The van der Waals surface area contributed by atoms with Gasteiger partial charge in [-0.05, 0) is 44.4 Å². The smallest absolute Gasteiger partial charge is 0.442 e. The maximum absolute atomic E-state index is 9.26. The minimum atomic E-state index is -2.10. The number of H-pyrrole nitrogens is 1. The van der Waals surface area contributed by atoms with Gasteiger partial charge in [0, 0.05) is 18.1 Å². The van der Waals surface area contributed by atoms with Crippen molar-refractivity contribution in [2.75, 3.05) is 19.6 Å². The monoisotopic (exact) mass is 336 g/mol. The fourth-order valence-corrected chi connectivity index (χ4v) is 2.95. The molecule has 126 valence electrons. The fraction of sp³-hybridized carbons (Fsp3) is 0.500. The van der Waals surface area contributed by atoms with E-state index in [-0.39, 0.29) is 0 Å². The summed E-state index contributed by atoms with van der Waals surface area (Å²) in [7, 11) is -2.10. The van der Waals surface area contributed by atoms with Crippen LogP contribution in [0, 0.1) is 0 Å². The van der Waals surface area contributed by atoms with Crippen LogP contribution in [0.5, 0.6) is 5.75 Å². The maximum Gasteiger partial charge on any atom is 0.442 e. The van der Waals surface area contributed by atoms with E-state index in [1.54, 1.807) is 6.82 Å². The van der Waals surface area contributed by atoms with Crippen molar-refractivity contribution in [1.82, 2.24) is 9.88 Å². The van der Waals surface area contributed by atoms with Crippen LogP contribution in [0.4, 0.5) is 0 Å². The molecular formula is C16H26BN2O3P. The summed E-state index contributed by atoms with van der Waals surface area (Å²) in [5, 5.41) is 1.14. The third-order valence-corrected chi connectivity index (χ3v) is 4.83. The van der Waals surface area contributed by atoms with Crippen molar-refractivity contribution in [3.63, 3.8) is 0 Å². The summed E-state index contributed by atoms with van der Waals surface area (Å²) in [5.74, 6) is 0.665. The van der Waals surface area contributed by atoms with E-state index in [1.165, 1.54) is 12.0 Å². The molecule has 5 nitrogen and oxygen atoms in total. The van der Waals surface area contributed by atoms with E-state index in [2.05, 4.69) is 29.8 Å². The van der Waals surface area contributed by atoms with Crippen molar-refractivity contribution in [3.8, 4) is 5.75 Å². The number of nitrogens with zero attached hydrogens (tertiary/aromatic N) is 1. The molecular weight excluding hydrogens is 310 g/mol. The van der Waals surface area contributed by atoms with Crippen LogP contribution in [0.15, 0.2) is 24.4 Å². The molecule has 7 heteroatoms. The molecule has 0 amide bonds. The van der Waals surface area contributed by atoms with Gasteiger partial charge >= 0.3 is 6.64 Å². The van der Waals surface area contributed by atoms with E-state index < -0.39 is 14.9 Å². The second-order valence-corrected chi connectivity index (χ2v) is 7.08. The molecule has 0 radical (unpaired) electrons. The van der Waals surface area contributed by atoms with Gasteiger partial charge in [-0.25, -0.2) is 0 Å². The number of likely N-dealkylation sites (N-methyl/N-ethyl adjacent to an activating group) is 1. The lowest BCUT2D eigenvalue weighted by Gasteiger charge is -2.19. The molecule has 1 aromatic heterocycles. The van der Waals surface area contributed by atoms with Gasteiger partial charge in [-0.3, -0.25) is 0 Å². The van der Waals surface area contributed by atoms with Crippen LogP contribution in [0.3, 0.4) is 0 Å². The minimum Gasteiger partial charge on any atom is -0.551 e. The molecule has 0 saturated carbocycles. The first kappa shape index (κ1) is 18.3. The zero-order chi connectivity index (χ0) is 16.8. The second-order valence-electron chi connectivity index (χ2n) is 5.71. The zero-order valence-electron chi connectivity index (χ0n) is 14.1. The van der Waals surface area contributed by atoms with Gasteiger partial charge in [-0.15, -0.1) is 0 Å². The van der Waals surface area contributed by atoms with Gasteiger partial charge in [0.15, 0.2) is 8.25 Å². The zero-order valence-corrected chi connectivity index (χ0v) is 15.0. The van der Waals surface area contributed by atoms with Gasteiger partial charge in [0.2, 0.25) is 0 Å². The molecule has 1 heterocycles. The van der Waals surface area contributed by atoms with E-state index in [1.807, 2.05) is 18.3 Å². The number of rotatable bonds is 9. The first-order valence-electron chi connectivity index (χ1n) is 8.21. The highest BCUT2D eigenvalue weighted by atomic mass is 31.2. The Morgan fingerprint density at radius 1 is 1.26 bits per heavy atom. The molecule has 3 N–H and O–H groups in total. The van der Waals surface area contributed by atoms with Crippen molar-refractivity contribution >= 4 is 25.8 Å². The van der Waals surface area contributed by atoms with Crippen molar-refractivity contribution in [2.24, 2.45) is 0 Å².